The minimum Gasteiger partial charge on any atom is -0.293 e. The second-order valence-corrected chi connectivity index (χ2v) is 8.47. The number of Topliss-reactive ketones (excluding diaryl/α,β-unsaturated/α-hetero) is 1. The van der Waals surface area contributed by atoms with Gasteiger partial charge in [-0.3, -0.25) is 14.2 Å². The second kappa shape index (κ2) is 9.33. The lowest BCUT2D eigenvalue weighted by Gasteiger charge is -2.16. The third-order valence-electron chi connectivity index (χ3n) is 4.93. The third-order valence-corrected chi connectivity index (χ3v) is 6.19. The molecule has 4 rings (SSSR count). The van der Waals surface area contributed by atoms with Gasteiger partial charge in [-0.05, 0) is 42.5 Å². The first-order valence-corrected chi connectivity index (χ1v) is 11.1. The smallest absolute Gasteiger partial charge is 0.293 e. The molecule has 170 valence electrons. The Morgan fingerprint density at radius 2 is 1.79 bits per heavy atom. The van der Waals surface area contributed by atoms with Crippen molar-refractivity contribution in [3.05, 3.63) is 98.8 Å². The fourth-order valence-corrected chi connectivity index (χ4v) is 4.33. The molecule has 10 heteroatoms. The number of fused-ring (bicyclic) bond motifs is 1. The van der Waals surface area contributed by atoms with Crippen LogP contribution in [-0.4, -0.2) is 21.1 Å². The summed E-state index contributed by atoms with van der Waals surface area (Å²) in [5, 5.41) is 9.04. The number of halogens is 4. The van der Waals surface area contributed by atoms with Gasteiger partial charge in [0.1, 0.15) is 0 Å². The van der Waals surface area contributed by atoms with Gasteiger partial charge in [0, 0.05) is 5.56 Å². The number of aromatic nitrogens is 2. The largest absolute Gasteiger partial charge is 0.416 e. The average Bonchev–Trinajstić information content (AvgIpc) is 2.82. The van der Waals surface area contributed by atoms with Crippen LogP contribution in [-0.2, 0) is 6.18 Å². The Balaban J connectivity index is 1.81. The maximum Gasteiger partial charge on any atom is 0.416 e. The number of ketones is 1. The summed E-state index contributed by atoms with van der Waals surface area (Å²) in [6.45, 7) is 0. The highest BCUT2D eigenvalue weighted by Crippen LogP contribution is 2.34. The van der Waals surface area contributed by atoms with Gasteiger partial charge in [-0.1, -0.05) is 47.6 Å². The Kier molecular flexibility index (Phi) is 6.46. The van der Waals surface area contributed by atoms with Gasteiger partial charge in [-0.15, -0.1) is 0 Å². The van der Waals surface area contributed by atoms with Crippen molar-refractivity contribution < 1.29 is 18.0 Å². The summed E-state index contributed by atoms with van der Waals surface area (Å²) in [4.78, 5) is 30.4. The summed E-state index contributed by atoms with van der Waals surface area (Å²) in [6.07, 6.45) is -4.65. The third kappa shape index (κ3) is 4.69. The molecule has 0 N–H and O–H groups in total. The predicted octanol–water partition coefficient (Wildman–Crippen LogP) is 5.90. The van der Waals surface area contributed by atoms with Crippen LogP contribution in [0.5, 0.6) is 0 Å². The molecule has 3 aromatic carbocycles. The molecule has 0 spiro atoms. The molecule has 0 bridgehead atoms. The van der Waals surface area contributed by atoms with Gasteiger partial charge < -0.3 is 0 Å². The first-order valence-electron chi connectivity index (χ1n) is 9.74. The van der Waals surface area contributed by atoms with Gasteiger partial charge in [0.2, 0.25) is 0 Å². The Labute approximate surface area is 200 Å². The fraction of sp³-hybridized carbons (Fsp3) is 0.0833. The molecule has 0 saturated carbocycles. The number of nitriles is 1. The maximum atomic E-state index is 13.3. The number of rotatable bonds is 5. The fourth-order valence-electron chi connectivity index (χ4n) is 3.23. The van der Waals surface area contributed by atoms with Crippen LogP contribution in [0.3, 0.4) is 0 Å². The average molecular weight is 500 g/mol. The molecule has 5 nitrogen and oxygen atoms in total. The first-order chi connectivity index (χ1) is 16.2. The highest BCUT2D eigenvalue weighted by molar-refractivity contribution is 7.99. The SMILES string of the molecule is N#Cc1ccc(C(=O)CSc2nc3ccccc3c(=O)n2-c2cc(C(F)(F)F)ccc2Cl)cc1. The minimum atomic E-state index is -4.65. The van der Waals surface area contributed by atoms with E-state index in [1.165, 1.54) is 30.3 Å². The van der Waals surface area contributed by atoms with E-state index in [0.29, 0.717) is 16.6 Å². The number of carbonyl (C=O) groups is 1. The standard InChI is InChI=1S/C24H13ClF3N3O2S/c25-18-10-9-16(24(26,27)28)11-20(18)31-22(33)17-3-1-2-4-19(17)30-23(31)34-13-21(32)15-7-5-14(12-29)6-8-15/h1-11H,13H2. The summed E-state index contributed by atoms with van der Waals surface area (Å²) in [6, 6.07) is 17.1. The lowest BCUT2D eigenvalue weighted by molar-refractivity contribution is -0.137. The number of alkyl halides is 3. The monoisotopic (exact) mass is 499 g/mol. The summed E-state index contributed by atoms with van der Waals surface area (Å²) in [5.74, 6) is -0.452. The highest BCUT2D eigenvalue weighted by Gasteiger charge is 2.31. The van der Waals surface area contributed by atoms with E-state index in [2.05, 4.69) is 4.98 Å². The van der Waals surface area contributed by atoms with E-state index in [4.69, 9.17) is 16.9 Å². The second-order valence-electron chi connectivity index (χ2n) is 7.12. The van der Waals surface area contributed by atoms with Crippen LogP contribution in [0.25, 0.3) is 16.6 Å². The number of para-hydroxylation sites is 1. The maximum absolute atomic E-state index is 13.3. The minimum absolute atomic E-state index is 0.0203. The van der Waals surface area contributed by atoms with Crippen molar-refractivity contribution in [2.75, 3.05) is 5.75 Å². The number of benzene rings is 3. The van der Waals surface area contributed by atoms with Crippen LogP contribution < -0.4 is 5.56 Å². The van der Waals surface area contributed by atoms with Crippen molar-refractivity contribution in [3.63, 3.8) is 0 Å². The normalized spacial score (nSPS) is 11.4. The van der Waals surface area contributed by atoms with Crippen molar-refractivity contribution in [3.8, 4) is 11.8 Å². The Bertz CT molecular complexity index is 1510. The van der Waals surface area contributed by atoms with Crippen molar-refractivity contribution in [1.82, 2.24) is 9.55 Å². The number of hydrogen-bond acceptors (Lipinski definition) is 5. The molecule has 0 aliphatic heterocycles. The van der Waals surface area contributed by atoms with E-state index in [1.54, 1.807) is 18.2 Å². The lowest BCUT2D eigenvalue weighted by Crippen LogP contribution is -2.23. The number of thioether (sulfide) groups is 1. The predicted molar refractivity (Wildman–Crippen MR) is 124 cm³/mol. The zero-order valence-electron chi connectivity index (χ0n) is 17.1. The molecule has 0 fully saturated rings. The summed E-state index contributed by atoms with van der Waals surface area (Å²) >= 11 is 7.11. The van der Waals surface area contributed by atoms with Crippen LogP contribution >= 0.6 is 23.4 Å². The van der Waals surface area contributed by atoms with E-state index in [9.17, 15) is 22.8 Å². The zero-order valence-corrected chi connectivity index (χ0v) is 18.7. The van der Waals surface area contributed by atoms with Crippen LogP contribution in [0.1, 0.15) is 21.5 Å². The van der Waals surface area contributed by atoms with E-state index in [0.717, 1.165) is 34.5 Å². The van der Waals surface area contributed by atoms with Crippen molar-refractivity contribution in [2.24, 2.45) is 0 Å². The summed E-state index contributed by atoms with van der Waals surface area (Å²) in [5.41, 5.74) is -0.698. The number of carbonyl (C=O) groups excluding carboxylic acids is 1. The van der Waals surface area contributed by atoms with E-state index in [1.807, 2.05) is 6.07 Å². The van der Waals surface area contributed by atoms with Gasteiger partial charge in [-0.25, -0.2) is 4.98 Å². The Morgan fingerprint density at radius 1 is 1.09 bits per heavy atom. The zero-order chi connectivity index (χ0) is 24.5. The lowest BCUT2D eigenvalue weighted by atomic mass is 10.1. The molecule has 0 unspecified atom stereocenters. The van der Waals surface area contributed by atoms with Crippen LogP contribution in [0.4, 0.5) is 13.2 Å². The van der Waals surface area contributed by atoms with Gasteiger partial charge in [0.15, 0.2) is 10.9 Å². The first kappa shape index (κ1) is 23.5. The molecule has 4 aromatic rings. The van der Waals surface area contributed by atoms with E-state index in [-0.39, 0.29) is 32.8 Å². The molecule has 0 aliphatic carbocycles. The molecule has 34 heavy (non-hydrogen) atoms. The number of nitrogens with zero attached hydrogens (tertiary/aromatic N) is 3. The Hall–Kier alpha value is -3.61. The topological polar surface area (TPSA) is 75.8 Å². The van der Waals surface area contributed by atoms with Crippen LogP contribution in [0, 0.1) is 11.3 Å². The van der Waals surface area contributed by atoms with Crippen molar-refractivity contribution >= 4 is 40.0 Å². The van der Waals surface area contributed by atoms with E-state index >= 15 is 0 Å². The number of hydrogen-bond donors (Lipinski definition) is 0. The van der Waals surface area contributed by atoms with Crippen LogP contribution in [0.2, 0.25) is 5.02 Å². The molecular weight excluding hydrogens is 487 g/mol. The summed E-state index contributed by atoms with van der Waals surface area (Å²) < 4.78 is 41.0. The summed E-state index contributed by atoms with van der Waals surface area (Å²) in [7, 11) is 0. The van der Waals surface area contributed by atoms with Gasteiger partial charge in [0.25, 0.3) is 5.56 Å². The molecule has 0 atom stereocenters. The van der Waals surface area contributed by atoms with Crippen molar-refractivity contribution in [1.29, 1.82) is 5.26 Å². The quantitative estimate of drug-likeness (QED) is 0.194. The molecule has 0 saturated heterocycles. The molecule has 1 aromatic heterocycles. The van der Waals surface area contributed by atoms with Crippen LogP contribution in [0.15, 0.2) is 76.7 Å². The highest BCUT2D eigenvalue weighted by atomic mass is 35.5. The van der Waals surface area contributed by atoms with E-state index < -0.39 is 17.3 Å². The molecule has 0 amide bonds. The Morgan fingerprint density at radius 3 is 2.47 bits per heavy atom. The van der Waals surface area contributed by atoms with Gasteiger partial charge in [-0.2, -0.15) is 18.4 Å². The van der Waals surface area contributed by atoms with Crippen molar-refractivity contribution in [2.45, 2.75) is 11.3 Å². The molecule has 0 aliphatic rings. The van der Waals surface area contributed by atoms with Gasteiger partial charge in [0.05, 0.1) is 44.6 Å². The molecular formula is C24H13ClF3N3O2S. The molecule has 1 heterocycles. The van der Waals surface area contributed by atoms with Gasteiger partial charge >= 0.3 is 6.18 Å². The molecule has 0 radical (unpaired) electrons.